The highest BCUT2D eigenvalue weighted by atomic mass is 16.3. The fraction of sp³-hybridized carbons (Fsp3) is 0.778. The molecule has 5 N–H and O–H groups in total. The van der Waals surface area contributed by atoms with Crippen LogP contribution in [0, 0.1) is 5.92 Å². The van der Waals surface area contributed by atoms with E-state index in [1.165, 1.54) is 6.92 Å². The smallest absolute Gasteiger partial charge is 0.239 e. The molecule has 0 heterocycles. The summed E-state index contributed by atoms with van der Waals surface area (Å²) in [6.07, 6.45) is -0.672. The molecule has 0 bridgehead atoms. The van der Waals surface area contributed by atoms with Crippen molar-refractivity contribution in [1.82, 2.24) is 5.01 Å². The average Bonchev–Trinajstić information content (AvgIpc) is 2.15. The Bertz CT molecular complexity index is 233. The van der Waals surface area contributed by atoms with Crippen molar-refractivity contribution in [1.29, 1.82) is 0 Å². The minimum atomic E-state index is -0.830. The van der Waals surface area contributed by atoms with Gasteiger partial charge >= 0.3 is 0 Å². The van der Waals surface area contributed by atoms with Crippen LogP contribution in [-0.4, -0.2) is 41.0 Å². The molecule has 2 atom stereocenters. The third-order valence-corrected chi connectivity index (χ3v) is 1.98. The van der Waals surface area contributed by atoms with Crippen molar-refractivity contribution in [3.05, 3.63) is 0 Å². The average molecular weight is 217 g/mol. The van der Waals surface area contributed by atoms with Crippen LogP contribution in [0.3, 0.4) is 0 Å². The fourth-order valence-corrected chi connectivity index (χ4v) is 1.19. The summed E-state index contributed by atoms with van der Waals surface area (Å²) in [7, 11) is 0. The Morgan fingerprint density at radius 3 is 2.40 bits per heavy atom. The summed E-state index contributed by atoms with van der Waals surface area (Å²) >= 11 is 0. The Hall–Kier alpha value is -0.980. The first kappa shape index (κ1) is 14.0. The molecule has 0 spiro atoms. The Balaban J connectivity index is 4.13. The van der Waals surface area contributed by atoms with Crippen molar-refractivity contribution in [2.24, 2.45) is 17.5 Å². The number of carbonyl (C=O) groups excluding carboxylic acids is 2. The van der Waals surface area contributed by atoms with Crippen LogP contribution < -0.4 is 11.6 Å². The van der Waals surface area contributed by atoms with Gasteiger partial charge in [-0.3, -0.25) is 9.80 Å². The maximum absolute atomic E-state index is 11.5. The topological polar surface area (TPSA) is 110 Å². The minimum absolute atomic E-state index is 0.0163. The Morgan fingerprint density at radius 1 is 1.47 bits per heavy atom. The number of hydrogen-bond acceptors (Lipinski definition) is 5. The second-order valence-corrected chi connectivity index (χ2v) is 3.69. The molecule has 0 fully saturated rings. The van der Waals surface area contributed by atoms with Gasteiger partial charge in [-0.15, -0.1) is 0 Å². The van der Waals surface area contributed by atoms with E-state index in [0.29, 0.717) is 0 Å². The monoisotopic (exact) mass is 217 g/mol. The number of aliphatic hydroxyl groups excluding tert-OH is 1. The molecule has 0 rings (SSSR count). The number of ketones is 1. The second-order valence-electron chi connectivity index (χ2n) is 3.69. The Morgan fingerprint density at radius 2 is 2.00 bits per heavy atom. The van der Waals surface area contributed by atoms with Crippen LogP contribution >= 0.6 is 0 Å². The van der Waals surface area contributed by atoms with E-state index in [-0.39, 0.29) is 31.2 Å². The van der Waals surface area contributed by atoms with Gasteiger partial charge in [0.05, 0.1) is 12.6 Å². The van der Waals surface area contributed by atoms with Crippen molar-refractivity contribution < 1.29 is 14.7 Å². The number of carbonyl (C=O) groups is 2. The van der Waals surface area contributed by atoms with Crippen LogP contribution in [0.4, 0.5) is 0 Å². The van der Waals surface area contributed by atoms with Gasteiger partial charge in [-0.1, -0.05) is 6.92 Å². The van der Waals surface area contributed by atoms with E-state index in [2.05, 4.69) is 0 Å². The van der Waals surface area contributed by atoms with Crippen molar-refractivity contribution >= 4 is 11.7 Å². The second kappa shape index (κ2) is 6.49. The highest BCUT2D eigenvalue weighted by molar-refractivity contribution is 5.85. The molecule has 6 heteroatoms. The van der Waals surface area contributed by atoms with E-state index in [4.69, 9.17) is 11.6 Å². The van der Waals surface area contributed by atoms with E-state index in [1.807, 2.05) is 0 Å². The lowest BCUT2D eigenvalue weighted by Crippen LogP contribution is -2.47. The molecular formula is C9H19N3O3. The van der Waals surface area contributed by atoms with Crippen molar-refractivity contribution in [3.8, 4) is 0 Å². The summed E-state index contributed by atoms with van der Waals surface area (Å²) in [6.45, 7) is 3.07. The Kier molecular flexibility index (Phi) is 6.07. The SMILES string of the molecule is CC(=O)CC(C)C(=O)N(N)CC(O)CN. The van der Waals surface area contributed by atoms with E-state index in [0.717, 1.165) is 5.01 Å². The number of hydrogen-bond donors (Lipinski definition) is 3. The molecule has 0 aromatic carbocycles. The lowest BCUT2D eigenvalue weighted by atomic mass is 10.0. The molecular weight excluding hydrogens is 198 g/mol. The summed E-state index contributed by atoms with van der Waals surface area (Å²) in [6, 6.07) is 0. The summed E-state index contributed by atoms with van der Waals surface area (Å²) in [5.74, 6) is 4.54. The van der Waals surface area contributed by atoms with E-state index in [9.17, 15) is 14.7 Å². The van der Waals surface area contributed by atoms with Gasteiger partial charge in [0.15, 0.2) is 0 Å². The van der Waals surface area contributed by atoms with Gasteiger partial charge in [-0.2, -0.15) is 0 Å². The molecule has 0 aliphatic carbocycles. The third-order valence-electron chi connectivity index (χ3n) is 1.98. The maximum Gasteiger partial charge on any atom is 0.239 e. The molecule has 6 nitrogen and oxygen atoms in total. The number of Topliss-reactive ketones (excluding diaryl/α,β-unsaturated/α-hetero) is 1. The van der Waals surface area contributed by atoms with Crippen molar-refractivity contribution in [2.45, 2.75) is 26.4 Å². The number of hydrazine groups is 1. The minimum Gasteiger partial charge on any atom is -0.390 e. The van der Waals surface area contributed by atoms with Gasteiger partial charge in [-0.05, 0) is 6.92 Å². The molecule has 0 aromatic rings. The van der Waals surface area contributed by atoms with Crippen LogP contribution in [-0.2, 0) is 9.59 Å². The fourth-order valence-electron chi connectivity index (χ4n) is 1.19. The molecule has 0 aliphatic heterocycles. The zero-order valence-electron chi connectivity index (χ0n) is 9.14. The van der Waals surface area contributed by atoms with Gasteiger partial charge < -0.3 is 15.6 Å². The molecule has 0 saturated carbocycles. The molecule has 0 radical (unpaired) electrons. The van der Waals surface area contributed by atoms with Gasteiger partial charge in [-0.25, -0.2) is 5.84 Å². The molecule has 0 aliphatic rings. The van der Waals surface area contributed by atoms with Gasteiger partial charge in [0.2, 0.25) is 5.91 Å². The van der Waals surface area contributed by atoms with E-state index < -0.39 is 12.0 Å². The first-order valence-corrected chi connectivity index (χ1v) is 4.82. The van der Waals surface area contributed by atoms with Crippen molar-refractivity contribution in [2.75, 3.05) is 13.1 Å². The highest BCUT2D eigenvalue weighted by Crippen LogP contribution is 2.05. The van der Waals surface area contributed by atoms with Gasteiger partial charge in [0, 0.05) is 18.9 Å². The summed E-state index contributed by atoms with van der Waals surface area (Å²) < 4.78 is 0. The number of nitrogens with zero attached hydrogens (tertiary/aromatic N) is 1. The number of aliphatic hydroxyl groups is 1. The van der Waals surface area contributed by atoms with Gasteiger partial charge in [0.25, 0.3) is 0 Å². The normalized spacial score (nSPS) is 14.5. The summed E-state index contributed by atoms with van der Waals surface area (Å²) in [4.78, 5) is 22.3. The molecule has 2 unspecified atom stereocenters. The third kappa shape index (κ3) is 5.46. The first-order valence-electron chi connectivity index (χ1n) is 4.82. The van der Waals surface area contributed by atoms with Gasteiger partial charge in [0.1, 0.15) is 5.78 Å². The first-order chi connectivity index (χ1) is 6.88. The zero-order chi connectivity index (χ0) is 12.0. The number of amides is 1. The predicted molar refractivity (Wildman–Crippen MR) is 55.4 cm³/mol. The molecule has 88 valence electrons. The molecule has 0 aromatic heterocycles. The van der Waals surface area contributed by atoms with Crippen LogP contribution in [0.15, 0.2) is 0 Å². The standard InChI is InChI=1S/C9H19N3O3/c1-6(3-7(2)13)9(15)12(11)5-8(14)4-10/h6,8,14H,3-5,10-11H2,1-2H3. The summed E-state index contributed by atoms with van der Waals surface area (Å²) in [5, 5.41) is 10.1. The maximum atomic E-state index is 11.5. The molecule has 15 heavy (non-hydrogen) atoms. The van der Waals surface area contributed by atoms with E-state index in [1.54, 1.807) is 6.92 Å². The Labute approximate surface area is 89.2 Å². The highest BCUT2D eigenvalue weighted by Gasteiger charge is 2.20. The lowest BCUT2D eigenvalue weighted by molar-refractivity contribution is -0.138. The molecule has 0 saturated heterocycles. The largest absolute Gasteiger partial charge is 0.390 e. The zero-order valence-corrected chi connectivity index (χ0v) is 9.14. The van der Waals surface area contributed by atoms with Crippen molar-refractivity contribution in [3.63, 3.8) is 0 Å². The van der Waals surface area contributed by atoms with Crippen LogP contribution in [0.1, 0.15) is 20.3 Å². The summed E-state index contributed by atoms with van der Waals surface area (Å²) in [5.41, 5.74) is 5.18. The number of nitrogens with two attached hydrogens (primary N) is 2. The van der Waals surface area contributed by atoms with Crippen LogP contribution in [0.25, 0.3) is 0 Å². The van der Waals surface area contributed by atoms with Crippen LogP contribution in [0.2, 0.25) is 0 Å². The quantitative estimate of drug-likeness (QED) is 0.289. The predicted octanol–water partition coefficient (Wildman–Crippen LogP) is -1.38. The lowest BCUT2D eigenvalue weighted by Gasteiger charge is -2.22. The van der Waals surface area contributed by atoms with E-state index >= 15 is 0 Å². The van der Waals surface area contributed by atoms with Crippen LogP contribution in [0.5, 0.6) is 0 Å². The molecule has 1 amide bonds. The number of rotatable bonds is 6.